The van der Waals surface area contributed by atoms with Gasteiger partial charge in [-0.1, -0.05) is 25.0 Å². The maximum atomic E-state index is 13.2. The predicted molar refractivity (Wildman–Crippen MR) is 87.1 cm³/mol. The summed E-state index contributed by atoms with van der Waals surface area (Å²) in [5.41, 5.74) is 0.994. The van der Waals surface area contributed by atoms with E-state index in [1.54, 1.807) is 18.3 Å². The van der Waals surface area contributed by atoms with Gasteiger partial charge in [-0.3, -0.25) is 0 Å². The van der Waals surface area contributed by atoms with Gasteiger partial charge in [0.25, 0.3) is 0 Å². The molecule has 0 radical (unpaired) electrons. The van der Waals surface area contributed by atoms with Gasteiger partial charge in [0, 0.05) is 30.4 Å². The molecule has 0 bridgehead atoms. The number of rotatable bonds is 5. The Morgan fingerprint density at radius 1 is 1.18 bits per heavy atom. The van der Waals surface area contributed by atoms with Crippen LogP contribution in [0.4, 0.5) is 4.39 Å². The molecule has 0 atom stereocenters. The van der Waals surface area contributed by atoms with Gasteiger partial charge in [-0.2, -0.15) is 0 Å². The molecule has 1 aliphatic rings. The summed E-state index contributed by atoms with van der Waals surface area (Å²) in [6.45, 7) is 0.725. The van der Waals surface area contributed by atoms with Gasteiger partial charge in [0.1, 0.15) is 11.6 Å². The Balaban J connectivity index is 0.00000176. The first-order chi connectivity index (χ1) is 10.3. The number of hydrogen-bond acceptors (Lipinski definition) is 3. The van der Waals surface area contributed by atoms with Crippen LogP contribution in [0.1, 0.15) is 31.2 Å². The van der Waals surface area contributed by atoms with Crippen LogP contribution in [0.25, 0.3) is 0 Å². The summed E-state index contributed by atoms with van der Waals surface area (Å²) >= 11 is 0. The fourth-order valence-electron chi connectivity index (χ4n) is 2.68. The average Bonchev–Trinajstić information content (AvgIpc) is 3.00. The highest BCUT2D eigenvalue weighted by Gasteiger charge is 2.15. The lowest BCUT2D eigenvalue weighted by atomic mass is 10.2. The molecule has 0 aliphatic heterocycles. The Labute approximate surface area is 136 Å². The van der Waals surface area contributed by atoms with Crippen molar-refractivity contribution in [1.29, 1.82) is 0 Å². The average molecular weight is 323 g/mol. The number of nitrogens with one attached hydrogen (secondary N) is 1. The molecule has 3 nitrogen and oxygen atoms in total. The monoisotopic (exact) mass is 322 g/mol. The van der Waals surface area contributed by atoms with E-state index in [1.165, 1.54) is 37.8 Å². The molecule has 0 amide bonds. The first-order valence-corrected chi connectivity index (χ1v) is 7.42. The van der Waals surface area contributed by atoms with Gasteiger partial charge in [0.2, 0.25) is 5.88 Å². The normalized spacial score (nSPS) is 14.6. The number of hydrogen-bond donors (Lipinski definition) is 1. The number of nitrogens with zero attached hydrogens (tertiary/aromatic N) is 1. The largest absolute Gasteiger partial charge is 0.439 e. The first kappa shape index (κ1) is 16.7. The zero-order valence-electron chi connectivity index (χ0n) is 12.3. The van der Waals surface area contributed by atoms with Crippen LogP contribution >= 0.6 is 12.4 Å². The summed E-state index contributed by atoms with van der Waals surface area (Å²) in [5, 5.41) is 3.54. The smallest absolute Gasteiger partial charge is 0.223 e. The van der Waals surface area contributed by atoms with Crippen LogP contribution in [-0.4, -0.2) is 11.0 Å². The number of halogens is 2. The molecule has 1 fully saturated rings. The summed E-state index contributed by atoms with van der Waals surface area (Å²) in [5.74, 6) is 0.693. The molecule has 3 rings (SSSR count). The number of ether oxygens (including phenoxy) is 1. The van der Waals surface area contributed by atoms with E-state index in [-0.39, 0.29) is 18.2 Å². The molecular weight excluding hydrogens is 303 g/mol. The SMILES string of the molecule is Cl.Fc1cccc(Oc2ncccc2CNC2CCCC2)c1. The zero-order chi connectivity index (χ0) is 14.5. The second-order valence-electron chi connectivity index (χ2n) is 5.39. The Morgan fingerprint density at radius 3 is 2.77 bits per heavy atom. The summed E-state index contributed by atoms with van der Waals surface area (Å²) < 4.78 is 18.9. The van der Waals surface area contributed by atoms with Gasteiger partial charge < -0.3 is 10.1 Å². The Hall–Kier alpha value is -1.65. The van der Waals surface area contributed by atoms with Crippen molar-refractivity contribution in [2.24, 2.45) is 0 Å². The van der Waals surface area contributed by atoms with Crippen molar-refractivity contribution in [3.63, 3.8) is 0 Å². The van der Waals surface area contributed by atoms with E-state index >= 15 is 0 Å². The van der Waals surface area contributed by atoms with Crippen molar-refractivity contribution in [2.45, 2.75) is 38.3 Å². The lowest BCUT2D eigenvalue weighted by Gasteiger charge is -2.14. The second kappa shape index (κ2) is 8.11. The van der Waals surface area contributed by atoms with E-state index < -0.39 is 0 Å². The van der Waals surface area contributed by atoms with Gasteiger partial charge in [-0.25, -0.2) is 9.37 Å². The lowest BCUT2D eigenvalue weighted by molar-refractivity contribution is 0.442. The Morgan fingerprint density at radius 2 is 2.00 bits per heavy atom. The third-order valence-corrected chi connectivity index (χ3v) is 3.80. The molecule has 2 aromatic rings. The van der Waals surface area contributed by atoms with Gasteiger partial charge in [-0.05, 0) is 31.0 Å². The van der Waals surface area contributed by atoms with Crippen LogP contribution in [0.5, 0.6) is 11.6 Å². The van der Waals surface area contributed by atoms with Crippen molar-refractivity contribution in [3.05, 3.63) is 54.0 Å². The standard InChI is InChI=1S/C17H19FN2O.ClH/c18-14-6-3-9-16(11-14)21-17-13(5-4-10-19-17)12-20-15-7-1-2-8-15;/h3-6,9-11,15,20H,1-2,7-8,12H2;1H. The molecule has 5 heteroatoms. The highest BCUT2D eigenvalue weighted by Crippen LogP contribution is 2.24. The van der Waals surface area contributed by atoms with E-state index in [9.17, 15) is 4.39 Å². The van der Waals surface area contributed by atoms with Gasteiger partial charge in [0.15, 0.2) is 0 Å². The van der Waals surface area contributed by atoms with Crippen LogP contribution < -0.4 is 10.1 Å². The third kappa shape index (κ3) is 4.42. The van der Waals surface area contributed by atoms with E-state index in [2.05, 4.69) is 10.3 Å². The Bertz CT molecular complexity index is 603. The second-order valence-corrected chi connectivity index (χ2v) is 5.39. The predicted octanol–water partition coefficient (Wildman–Crippen LogP) is 4.47. The quantitative estimate of drug-likeness (QED) is 0.882. The van der Waals surface area contributed by atoms with E-state index in [1.807, 2.05) is 12.1 Å². The molecule has 1 aromatic heterocycles. The first-order valence-electron chi connectivity index (χ1n) is 7.42. The topological polar surface area (TPSA) is 34.1 Å². The summed E-state index contributed by atoms with van der Waals surface area (Å²) in [6, 6.07) is 10.6. The minimum absolute atomic E-state index is 0. The van der Waals surface area contributed by atoms with Crippen LogP contribution in [0, 0.1) is 5.82 Å². The molecule has 1 N–H and O–H groups in total. The number of benzene rings is 1. The molecule has 1 saturated carbocycles. The van der Waals surface area contributed by atoms with Crippen LogP contribution in [0.15, 0.2) is 42.6 Å². The lowest BCUT2D eigenvalue weighted by Crippen LogP contribution is -2.25. The van der Waals surface area contributed by atoms with E-state index in [0.717, 1.165) is 12.1 Å². The van der Waals surface area contributed by atoms with Gasteiger partial charge >= 0.3 is 0 Å². The molecule has 1 aliphatic carbocycles. The highest BCUT2D eigenvalue weighted by atomic mass is 35.5. The van der Waals surface area contributed by atoms with Crippen molar-refractivity contribution >= 4 is 12.4 Å². The molecule has 22 heavy (non-hydrogen) atoms. The van der Waals surface area contributed by atoms with E-state index in [0.29, 0.717) is 17.7 Å². The van der Waals surface area contributed by atoms with Crippen molar-refractivity contribution in [2.75, 3.05) is 0 Å². The van der Waals surface area contributed by atoms with Crippen molar-refractivity contribution < 1.29 is 9.13 Å². The maximum absolute atomic E-state index is 13.2. The zero-order valence-corrected chi connectivity index (χ0v) is 13.1. The minimum Gasteiger partial charge on any atom is -0.439 e. The number of pyridine rings is 1. The molecule has 0 unspecified atom stereocenters. The fraction of sp³-hybridized carbons (Fsp3) is 0.353. The van der Waals surface area contributed by atoms with E-state index in [4.69, 9.17) is 4.74 Å². The fourth-order valence-corrected chi connectivity index (χ4v) is 2.68. The molecule has 1 aromatic carbocycles. The molecule has 118 valence electrons. The van der Waals surface area contributed by atoms with Gasteiger partial charge in [0.05, 0.1) is 0 Å². The molecule has 1 heterocycles. The number of aromatic nitrogens is 1. The summed E-state index contributed by atoms with van der Waals surface area (Å²) in [4.78, 5) is 4.26. The van der Waals surface area contributed by atoms with Crippen molar-refractivity contribution in [1.82, 2.24) is 10.3 Å². The van der Waals surface area contributed by atoms with Crippen LogP contribution in [0.3, 0.4) is 0 Å². The van der Waals surface area contributed by atoms with Crippen molar-refractivity contribution in [3.8, 4) is 11.6 Å². The summed E-state index contributed by atoms with van der Waals surface area (Å²) in [6.07, 6.45) is 6.77. The summed E-state index contributed by atoms with van der Waals surface area (Å²) in [7, 11) is 0. The molecular formula is C17H20ClFN2O. The maximum Gasteiger partial charge on any atom is 0.223 e. The van der Waals surface area contributed by atoms with Crippen LogP contribution in [0.2, 0.25) is 0 Å². The minimum atomic E-state index is -0.311. The highest BCUT2D eigenvalue weighted by molar-refractivity contribution is 5.85. The Kier molecular flexibility index (Phi) is 6.16. The molecule has 0 spiro atoms. The molecule has 0 saturated heterocycles. The van der Waals surface area contributed by atoms with Gasteiger partial charge in [-0.15, -0.1) is 12.4 Å². The third-order valence-electron chi connectivity index (χ3n) is 3.80. The van der Waals surface area contributed by atoms with Crippen LogP contribution in [-0.2, 0) is 6.54 Å².